The average molecular weight is 361 g/mol. The van der Waals surface area contributed by atoms with Crippen molar-refractivity contribution in [2.45, 2.75) is 26.8 Å². The van der Waals surface area contributed by atoms with Gasteiger partial charge in [-0.25, -0.2) is 4.98 Å². The van der Waals surface area contributed by atoms with E-state index in [0.717, 1.165) is 21.1 Å². The molecule has 2 rings (SSSR count). The van der Waals surface area contributed by atoms with Crippen LogP contribution in [-0.2, 0) is 9.59 Å². The maximum Gasteiger partial charge on any atom is 0.322 e. The van der Waals surface area contributed by atoms with Crippen molar-refractivity contribution in [1.82, 2.24) is 15.2 Å². The zero-order chi connectivity index (χ0) is 18.6. The molecule has 2 aromatic rings. The molecule has 7 heteroatoms. The summed E-state index contributed by atoms with van der Waals surface area (Å²) in [5.41, 5.74) is 3.24. The average Bonchev–Trinajstić information content (AvgIpc) is 2.94. The molecule has 0 saturated carbocycles. The molecule has 1 unspecified atom stereocenters. The van der Waals surface area contributed by atoms with Crippen LogP contribution in [0.25, 0.3) is 10.6 Å². The van der Waals surface area contributed by atoms with Gasteiger partial charge in [0.15, 0.2) is 0 Å². The van der Waals surface area contributed by atoms with Gasteiger partial charge in [-0.2, -0.15) is 0 Å². The number of hydrogen-bond acceptors (Lipinski definition) is 5. The van der Waals surface area contributed by atoms with Gasteiger partial charge in [0, 0.05) is 16.5 Å². The van der Waals surface area contributed by atoms with Crippen LogP contribution in [0.15, 0.2) is 24.3 Å². The predicted octanol–water partition coefficient (Wildman–Crippen LogP) is 2.62. The number of thiazole rings is 1. The third-order valence-electron chi connectivity index (χ3n) is 4.00. The lowest BCUT2D eigenvalue weighted by molar-refractivity contribution is -0.138. The van der Waals surface area contributed by atoms with Crippen LogP contribution < -0.4 is 5.32 Å². The van der Waals surface area contributed by atoms with Crippen LogP contribution in [0.2, 0.25) is 0 Å². The number of nitrogens with zero attached hydrogens (tertiary/aromatic N) is 2. The van der Waals surface area contributed by atoms with Gasteiger partial charge in [0.2, 0.25) is 5.91 Å². The quantitative estimate of drug-likeness (QED) is 0.792. The Kier molecular flexibility index (Phi) is 6.27. The fourth-order valence-electron chi connectivity index (χ4n) is 2.41. The molecule has 0 aliphatic rings. The predicted molar refractivity (Wildman–Crippen MR) is 98.7 cm³/mol. The summed E-state index contributed by atoms with van der Waals surface area (Å²) >= 11 is 1.62. The molecule has 0 saturated heterocycles. The number of nitrogens with one attached hydrogen (secondary N) is 1. The van der Waals surface area contributed by atoms with Crippen LogP contribution in [0, 0.1) is 13.8 Å². The highest BCUT2D eigenvalue weighted by molar-refractivity contribution is 7.15. The van der Waals surface area contributed by atoms with Crippen LogP contribution in [0.5, 0.6) is 0 Å². The summed E-state index contributed by atoms with van der Waals surface area (Å²) < 4.78 is 0. The Balaban J connectivity index is 2.08. The van der Waals surface area contributed by atoms with Gasteiger partial charge in [-0.1, -0.05) is 29.8 Å². The molecule has 0 fully saturated rings. The fourth-order valence-corrected chi connectivity index (χ4v) is 3.60. The molecule has 1 heterocycles. The van der Waals surface area contributed by atoms with Gasteiger partial charge in [0.25, 0.3) is 0 Å². The smallest absolute Gasteiger partial charge is 0.322 e. The lowest BCUT2D eigenvalue weighted by Crippen LogP contribution is -2.38. The minimum absolute atomic E-state index is 0.00674. The number of aliphatic carboxylic acids is 1. The van der Waals surface area contributed by atoms with Gasteiger partial charge in [0.1, 0.15) is 11.6 Å². The van der Waals surface area contributed by atoms with Gasteiger partial charge in [-0.15, -0.1) is 11.3 Å². The lowest BCUT2D eigenvalue weighted by Gasteiger charge is -2.23. The molecule has 2 N–H and O–H groups in total. The Morgan fingerprint density at radius 2 is 1.92 bits per heavy atom. The van der Waals surface area contributed by atoms with E-state index in [0.29, 0.717) is 0 Å². The van der Waals surface area contributed by atoms with Crippen molar-refractivity contribution < 1.29 is 14.7 Å². The number of likely N-dealkylation sites (N-methyl/N-ethyl adjacent to an activating group) is 1. The van der Waals surface area contributed by atoms with E-state index in [9.17, 15) is 9.59 Å². The zero-order valence-electron chi connectivity index (χ0n) is 14.9. The first-order valence-corrected chi connectivity index (χ1v) is 8.82. The number of carboxylic acids is 1. The number of carbonyl (C=O) groups excluding carboxylic acids is 1. The van der Waals surface area contributed by atoms with E-state index in [4.69, 9.17) is 5.11 Å². The third-order valence-corrected chi connectivity index (χ3v) is 5.38. The topological polar surface area (TPSA) is 82.5 Å². The molecule has 1 aromatic carbocycles. The van der Waals surface area contributed by atoms with Crippen molar-refractivity contribution in [3.8, 4) is 10.6 Å². The molecule has 6 nitrogen and oxygen atoms in total. The van der Waals surface area contributed by atoms with Gasteiger partial charge in [0.05, 0.1) is 12.2 Å². The minimum Gasteiger partial charge on any atom is -0.480 e. The summed E-state index contributed by atoms with van der Waals surface area (Å²) in [5, 5.41) is 12.0. The van der Waals surface area contributed by atoms with Crippen molar-refractivity contribution in [2.75, 3.05) is 20.1 Å². The van der Waals surface area contributed by atoms with E-state index in [2.05, 4.69) is 41.5 Å². The number of hydrogen-bond donors (Lipinski definition) is 2. The summed E-state index contributed by atoms with van der Waals surface area (Å²) in [4.78, 5) is 30.0. The third kappa shape index (κ3) is 5.11. The number of benzene rings is 1. The fraction of sp³-hybridized carbons (Fsp3) is 0.389. The molecule has 0 bridgehead atoms. The zero-order valence-corrected chi connectivity index (χ0v) is 15.7. The maximum absolute atomic E-state index is 11.8. The summed E-state index contributed by atoms with van der Waals surface area (Å²) in [6, 6.07) is 8.26. The molecule has 1 amide bonds. The van der Waals surface area contributed by atoms with Gasteiger partial charge < -0.3 is 10.4 Å². The van der Waals surface area contributed by atoms with E-state index in [1.807, 2.05) is 25.8 Å². The van der Waals surface area contributed by atoms with Crippen molar-refractivity contribution in [2.24, 2.45) is 0 Å². The molecule has 0 radical (unpaired) electrons. The largest absolute Gasteiger partial charge is 0.480 e. The highest BCUT2D eigenvalue weighted by Gasteiger charge is 2.20. The van der Waals surface area contributed by atoms with Crippen LogP contribution >= 0.6 is 11.3 Å². The molecular weight excluding hydrogens is 338 g/mol. The van der Waals surface area contributed by atoms with Gasteiger partial charge >= 0.3 is 5.97 Å². The second kappa shape index (κ2) is 8.22. The van der Waals surface area contributed by atoms with E-state index < -0.39 is 5.97 Å². The molecule has 0 aliphatic carbocycles. The van der Waals surface area contributed by atoms with E-state index in [-0.39, 0.29) is 25.0 Å². The monoisotopic (exact) mass is 361 g/mol. The summed E-state index contributed by atoms with van der Waals surface area (Å²) in [7, 11) is 1.84. The molecule has 0 spiro atoms. The second-order valence-corrected chi connectivity index (χ2v) is 7.13. The van der Waals surface area contributed by atoms with Gasteiger partial charge in [-0.3, -0.25) is 14.5 Å². The molecular formula is C18H23N3O3S. The number of aromatic nitrogens is 1. The molecule has 25 heavy (non-hydrogen) atoms. The highest BCUT2D eigenvalue weighted by Crippen LogP contribution is 2.33. The Morgan fingerprint density at radius 1 is 1.28 bits per heavy atom. The summed E-state index contributed by atoms with van der Waals surface area (Å²) in [5.74, 6) is -1.36. The number of carboxylic acid groups (broad SMARTS) is 1. The van der Waals surface area contributed by atoms with E-state index in [1.54, 1.807) is 11.3 Å². The Labute approximate surface area is 151 Å². The van der Waals surface area contributed by atoms with E-state index >= 15 is 0 Å². The lowest BCUT2D eigenvalue weighted by atomic mass is 10.1. The van der Waals surface area contributed by atoms with Crippen molar-refractivity contribution in [3.63, 3.8) is 0 Å². The molecule has 0 aliphatic heterocycles. The van der Waals surface area contributed by atoms with Gasteiger partial charge in [-0.05, 0) is 27.8 Å². The number of carbonyl (C=O) groups is 2. The van der Waals surface area contributed by atoms with Crippen molar-refractivity contribution >= 4 is 23.2 Å². The first kappa shape index (κ1) is 19.1. The maximum atomic E-state index is 11.8. The number of amides is 1. The Hall–Kier alpha value is -2.25. The first-order valence-electron chi connectivity index (χ1n) is 8.01. The van der Waals surface area contributed by atoms with Crippen molar-refractivity contribution in [1.29, 1.82) is 0 Å². The van der Waals surface area contributed by atoms with Crippen LogP contribution in [0.1, 0.15) is 29.1 Å². The van der Waals surface area contributed by atoms with Crippen molar-refractivity contribution in [3.05, 3.63) is 40.4 Å². The van der Waals surface area contributed by atoms with E-state index in [1.165, 1.54) is 5.56 Å². The molecule has 134 valence electrons. The van der Waals surface area contributed by atoms with Crippen LogP contribution in [0.3, 0.4) is 0 Å². The summed E-state index contributed by atoms with van der Waals surface area (Å²) in [6.45, 7) is 5.81. The first-order chi connectivity index (χ1) is 11.8. The Morgan fingerprint density at radius 3 is 2.52 bits per heavy atom. The SMILES string of the molecule is Cc1ccc(-c2nc(C)c(C(C)N(C)CC(=O)NCC(=O)O)s2)cc1. The standard InChI is InChI=1S/C18H23N3O3S/c1-11-5-7-14(8-6-11)18-20-12(2)17(25-18)13(3)21(4)10-15(22)19-9-16(23)24/h5-8,13H,9-10H2,1-4H3,(H,19,22)(H,23,24). The normalized spacial score (nSPS) is 12.2. The number of rotatable bonds is 7. The second-order valence-electron chi connectivity index (χ2n) is 6.10. The summed E-state index contributed by atoms with van der Waals surface area (Å²) in [6.07, 6.45) is 0. The Bertz CT molecular complexity index is 755. The molecule has 1 atom stereocenters. The number of aryl methyl sites for hydroxylation is 2. The molecule has 1 aromatic heterocycles. The highest BCUT2D eigenvalue weighted by atomic mass is 32.1. The van der Waals surface area contributed by atoms with Crippen LogP contribution in [0.4, 0.5) is 0 Å². The minimum atomic E-state index is -1.05. The van der Waals surface area contributed by atoms with Crippen LogP contribution in [-0.4, -0.2) is 47.0 Å².